The molecular formula is C27H21N. The number of hydrogen-bond donors (Lipinski definition) is 0. The molecule has 0 unspecified atom stereocenters. The highest BCUT2D eigenvalue weighted by molar-refractivity contribution is 6.12. The first-order chi connectivity index (χ1) is 13.7. The molecule has 0 spiro atoms. The van der Waals surface area contributed by atoms with E-state index >= 15 is 0 Å². The minimum absolute atomic E-state index is 0.0516. The Hall–Kier alpha value is -3.32. The highest BCUT2D eigenvalue weighted by Gasteiger charge is 2.35. The molecule has 0 aliphatic carbocycles. The van der Waals surface area contributed by atoms with E-state index < -0.39 is 0 Å². The van der Waals surface area contributed by atoms with Gasteiger partial charge in [-0.05, 0) is 46.5 Å². The molecule has 4 aromatic carbocycles. The number of hydrogen-bond acceptors (Lipinski definition) is 0. The van der Waals surface area contributed by atoms with Gasteiger partial charge in [-0.3, -0.25) is 0 Å². The Bertz CT molecular complexity index is 1370. The first-order valence-electron chi connectivity index (χ1n) is 9.89. The Morgan fingerprint density at radius 1 is 0.607 bits per heavy atom. The molecule has 1 aromatic heterocycles. The highest BCUT2D eigenvalue weighted by atomic mass is 15.0. The van der Waals surface area contributed by atoms with Gasteiger partial charge in [0.15, 0.2) is 0 Å². The van der Waals surface area contributed by atoms with Crippen LogP contribution in [-0.4, -0.2) is 4.57 Å². The van der Waals surface area contributed by atoms with E-state index in [1.54, 1.807) is 0 Å². The van der Waals surface area contributed by atoms with Gasteiger partial charge in [-0.2, -0.15) is 0 Å². The van der Waals surface area contributed by atoms with Crippen molar-refractivity contribution in [2.75, 3.05) is 0 Å². The van der Waals surface area contributed by atoms with Gasteiger partial charge in [0, 0.05) is 16.2 Å². The second-order valence-electron chi connectivity index (χ2n) is 8.28. The fourth-order valence-corrected chi connectivity index (χ4v) is 4.96. The second-order valence-corrected chi connectivity index (χ2v) is 8.28. The van der Waals surface area contributed by atoms with Crippen molar-refractivity contribution in [1.82, 2.24) is 4.57 Å². The zero-order chi connectivity index (χ0) is 18.9. The summed E-state index contributed by atoms with van der Waals surface area (Å²) in [5.74, 6) is 0. The maximum atomic E-state index is 2.47. The van der Waals surface area contributed by atoms with Crippen LogP contribution < -0.4 is 0 Å². The van der Waals surface area contributed by atoms with Crippen LogP contribution in [0.1, 0.15) is 25.0 Å². The highest BCUT2D eigenvalue weighted by Crippen LogP contribution is 2.48. The number of aromatic nitrogens is 1. The number of fused-ring (bicyclic) bond motifs is 5. The van der Waals surface area contributed by atoms with Gasteiger partial charge in [0.1, 0.15) is 0 Å². The van der Waals surface area contributed by atoms with E-state index in [4.69, 9.17) is 0 Å². The topological polar surface area (TPSA) is 4.93 Å². The SMILES string of the molecule is CC1(C)c2ccccc2-n2c3ccccc3c3cc(-c4ccccc4)cc1c32. The zero-order valence-corrected chi connectivity index (χ0v) is 16.1. The van der Waals surface area contributed by atoms with Crippen molar-refractivity contribution in [2.45, 2.75) is 19.3 Å². The summed E-state index contributed by atoms with van der Waals surface area (Å²) in [6.07, 6.45) is 0. The third kappa shape index (κ3) is 1.91. The third-order valence-electron chi connectivity index (χ3n) is 6.37. The molecule has 1 heteroatoms. The maximum absolute atomic E-state index is 2.47. The van der Waals surface area contributed by atoms with Gasteiger partial charge in [0.05, 0.1) is 16.7 Å². The van der Waals surface area contributed by atoms with Gasteiger partial charge in [0.25, 0.3) is 0 Å². The van der Waals surface area contributed by atoms with Crippen molar-refractivity contribution < 1.29 is 0 Å². The molecule has 0 atom stereocenters. The largest absolute Gasteiger partial charge is 0.309 e. The van der Waals surface area contributed by atoms with Gasteiger partial charge < -0.3 is 4.57 Å². The molecular weight excluding hydrogens is 338 g/mol. The van der Waals surface area contributed by atoms with E-state index in [1.807, 2.05) is 0 Å². The van der Waals surface area contributed by atoms with Crippen molar-refractivity contribution in [1.29, 1.82) is 0 Å². The molecule has 0 N–H and O–H groups in total. The number of para-hydroxylation sites is 2. The van der Waals surface area contributed by atoms with Crippen molar-refractivity contribution in [2.24, 2.45) is 0 Å². The number of rotatable bonds is 1. The summed E-state index contributed by atoms with van der Waals surface area (Å²) in [6.45, 7) is 4.72. The molecule has 0 saturated heterocycles. The molecule has 28 heavy (non-hydrogen) atoms. The minimum atomic E-state index is -0.0516. The molecule has 1 aliphatic rings. The molecule has 0 amide bonds. The summed E-state index contributed by atoms with van der Waals surface area (Å²) in [4.78, 5) is 0. The Morgan fingerprint density at radius 3 is 2.18 bits per heavy atom. The molecule has 6 rings (SSSR count). The first-order valence-corrected chi connectivity index (χ1v) is 9.89. The first kappa shape index (κ1) is 15.7. The monoisotopic (exact) mass is 359 g/mol. The fraction of sp³-hybridized carbons (Fsp3) is 0.111. The quantitative estimate of drug-likeness (QED) is 0.301. The van der Waals surface area contributed by atoms with Crippen LogP contribution in [0.2, 0.25) is 0 Å². The van der Waals surface area contributed by atoms with Gasteiger partial charge in [-0.1, -0.05) is 80.6 Å². The summed E-state index contributed by atoms with van der Waals surface area (Å²) >= 11 is 0. The van der Waals surface area contributed by atoms with E-state index in [-0.39, 0.29) is 5.41 Å². The smallest absolute Gasteiger partial charge is 0.0582 e. The summed E-state index contributed by atoms with van der Waals surface area (Å²) in [6, 6.07) is 33.2. The molecule has 1 aliphatic heterocycles. The van der Waals surface area contributed by atoms with E-state index in [0.717, 1.165) is 0 Å². The summed E-state index contributed by atoms with van der Waals surface area (Å²) in [5, 5.41) is 2.67. The molecule has 5 aromatic rings. The lowest BCUT2D eigenvalue weighted by atomic mass is 9.74. The Balaban J connectivity index is 1.86. The predicted octanol–water partition coefficient (Wildman–Crippen LogP) is 7.09. The summed E-state index contributed by atoms with van der Waals surface area (Å²) < 4.78 is 2.47. The third-order valence-corrected chi connectivity index (χ3v) is 6.37. The average molecular weight is 359 g/mol. The van der Waals surface area contributed by atoms with E-state index in [2.05, 4.69) is 109 Å². The van der Waals surface area contributed by atoms with E-state index in [1.165, 1.54) is 49.7 Å². The van der Waals surface area contributed by atoms with Crippen molar-refractivity contribution in [3.63, 3.8) is 0 Å². The molecule has 0 fully saturated rings. The standard InChI is InChI=1S/C27H21N/c1-27(2)22-13-7-9-15-25(22)28-24-14-8-6-12-20(24)21-16-19(17-23(27)26(21)28)18-10-4-3-5-11-18/h3-17H,1-2H3. The van der Waals surface area contributed by atoms with Crippen LogP contribution in [0.5, 0.6) is 0 Å². The Kier molecular flexibility index (Phi) is 3.01. The predicted molar refractivity (Wildman–Crippen MR) is 118 cm³/mol. The van der Waals surface area contributed by atoms with Gasteiger partial charge >= 0.3 is 0 Å². The fourth-order valence-electron chi connectivity index (χ4n) is 4.96. The van der Waals surface area contributed by atoms with Crippen LogP contribution in [0.4, 0.5) is 0 Å². The van der Waals surface area contributed by atoms with Crippen LogP contribution in [0.15, 0.2) is 91.0 Å². The molecule has 134 valence electrons. The van der Waals surface area contributed by atoms with Crippen molar-refractivity contribution in [3.8, 4) is 16.8 Å². The minimum Gasteiger partial charge on any atom is -0.309 e. The zero-order valence-electron chi connectivity index (χ0n) is 16.1. The van der Waals surface area contributed by atoms with E-state index in [0.29, 0.717) is 0 Å². The summed E-state index contributed by atoms with van der Waals surface area (Å²) in [5.41, 5.74) is 9.24. The van der Waals surface area contributed by atoms with Crippen LogP contribution in [0, 0.1) is 0 Å². The van der Waals surface area contributed by atoms with Gasteiger partial charge in [0.2, 0.25) is 0 Å². The number of benzene rings is 4. The number of nitrogens with zero attached hydrogens (tertiary/aromatic N) is 1. The van der Waals surface area contributed by atoms with Crippen molar-refractivity contribution >= 4 is 21.8 Å². The lowest BCUT2D eigenvalue weighted by molar-refractivity contribution is 0.630. The van der Waals surface area contributed by atoms with Crippen LogP contribution >= 0.6 is 0 Å². The normalized spacial score (nSPS) is 14.4. The maximum Gasteiger partial charge on any atom is 0.0582 e. The van der Waals surface area contributed by atoms with Crippen molar-refractivity contribution in [3.05, 3.63) is 102 Å². The van der Waals surface area contributed by atoms with Crippen LogP contribution in [0.25, 0.3) is 38.6 Å². The Labute approximate surface area is 164 Å². The van der Waals surface area contributed by atoms with Crippen LogP contribution in [-0.2, 0) is 5.41 Å². The van der Waals surface area contributed by atoms with Gasteiger partial charge in [-0.15, -0.1) is 0 Å². The average Bonchev–Trinajstić information content (AvgIpc) is 3.07. The van der Waals surface area contributed by atoms with Gasteiger partial charge in [-0.25, -0.2) is 0 Å². The molecule has 1 nitrogen and oxygen atoms in total. The summed E-state index contributed by atoms with van der Waals surface area (Å²) in [7, 11) is 0. The molecule has 0 radical (unpaired) electrons. The van der Waals surface area contributed by atoms with Crippen LogP contribution in [0.3, 0.4) is 0 Å². The molecule has 0 bridgehead atoms. The molecule has 0 saturated carbocycles. The lowest BCUT2D eigenvalue weighted by Gasteiger charge is -2.35. The molecule has 2 heterocycles. The van der Waals surface area contributed by atoms with E-state index in [9.17, 15) is 0 Å². The lowest BCUT2D eigenvalue weighted by Crippen LogP contribution is -2.26. The second kappa shape index (κ2) is 5.36. The Morgan fingerprint density at radius 2 is 1.32 bits per heavy atom.